The molecular formula is C24H45NNa2O8S. The van der Waals surface area contributed by atoms with Crippen molar-refractivity contribution < 1.29 is 99.2 Å². The van der Waals surface area contributed by atoms with Crippen LogP contribution in [0.4, 0.5) is 0 Å². The van der Waals surface area contributed by atoms with Crippen LogP contribution in [-0.2, 0) is 29.2 Å². The van der Waals surface area contributed by atoms with Crippen molar-refractivity contribution in [3.8, 4) is 0 Å². The minimum atomic E-state index is -4.94. The quantitative estimate of drug-likeness (QED) is 0.0409. The summed E-state index contributed by atoms with van der Waals surface area (Å²) in [6, 6.07) is 0. The maximum Gasteiger partial charge on any atom is 1.00 e. The molecule has 2 unspecified atom stereocenters. The van der Waals surface area contributed by atoms with Gasteiger partial charge in [-0.1, -0.05) is 70.4 Å². The number of carboxylic acid groups (broad SMARTS) is 1. The van der Waals surface area contributed by atoms with Gasteiger partial charge in [-0.25, -0.2) is 0 Å². The van der Waals surface area contributed by atoms with Crippen molar-refractivity contribution in [2.45, 2.75) is 122 Å². The van der Waals surface area contributed by atoms with Gasteiger partial charge in [-0.3, -0.25) is 18.9 Å². The monoisotopic (exact) mass is 553 g/mol. The third kappa shape index (κ3) is 24.4. The molecule has 202 valence electrons. The van der Waals surface area contributed by atoms with Gasteiger partial charge in [0.05, 0.1) is 6.42 Å². The van der Waals surface area contributed by atoms with Gasteiger partial charge < -0.3 is 18.0 Å². The zero-order valence-electron chi connectivity index (χ0n) is 24.7. The van der Waals surface area contributed by atoms with E-state index in [1.165, 1.54) is 45.4 Å². The molecular weight excluding hydrogens is 508 g/mol. The molecule has 0 fully saturated rings. The first-order valence-corrected chi connectivity index (χ1v) is 13.9. The summed E-state index contributed by atoms with van der Waals surface area (Å²) < 4.78 is 36.1. The summed E-state index contributed by atoms with van der Waals surface area (Å²) in [6.07, 6.45) is 17.4. The Labute approximate surface area is 264 Å². The van der Waals surface area contributed by atoms with Crippen LogP contribution in [0.1, 0.15) is 113 Å². The van der Waals surface area contributed by atoms with Crippen LogP contribution in [0.25, 0.3) is 0 Å². The molecule has 1 amide bonds. The number of aliphatic carboxylic acids is 1. The molecule has 0 rings (SSSR count). The Kier molecular flexibility index (Phi) is 28.6. The summed E-state index contributed by atoms with van der Waals surface area (Å²) in [7, 11) is -4.94. The predicted molar refractivity (Wildman–Crippen MR) is 133 cm³/mol. The van der Waals surface area contributed by atoms with E-state index in [0.717, 1.165) is 38.5 Å². The zero-order chi connectivity index (χ0) is 25.8. The Hall–Kier alpha value is 0.0600. The fraction of sp³-hybridized carbons (Fsp3) is 0.792. The summed E-state index contributed by atoms with van der Waals surface area (Å²) in [5.41, 5.74) is 0. The molecule has 0 heterocycles. The SMILES string of the molecule is CCCCCCCCC=CCCCCCCCC(=O)NC(C)OC(=O)C(CC(=O)O)S(=O)(=O)O.[H-].[H-].[Na+].[Na+]. The summed E-state index contributed by atoms with van der Waals surface area (Å²) in [5, 5.41) is 8.85. The Bertz CT molecular complexity index is 743. The molecule has 0 aliphatic carbocycles. The van der Waals surface area contributed by atoms with Gasteiger partial charge in [-0.05, 0) is 39.0 Å². The third-order valence-corrected chi connectivity index (χ3v) is 6.38. The molecule has 0 bridgehead atoms. The van der Waals surface area contributed by atoms with Gasteiger partial charge in [0.25, 0.3) is 10.1 Å². The molecule has 0 aliphatic heterocycles. The van der Waals surface area contributed by atoms with Gasteiger partial charge in [-0.2, -0.15) is 8.42 Å². The van der Waals surface area contributed by atoms with Crippen LogP contribution in [0.15, 0.2) is 12.2 Å². The number of nitrogens with one attached hydrogen (secondary N) is 1. The van der Waals surface area contributed by atoms with Crippen LogP contribution >= 0.6 is 0 Å². The van der Waals surface area contributed by atoms with Crippen molar-refractivity contribution in [1.29, 1.82) is 0 Å². The summed E-state index contributed by atoms with van der Waals surface area (Å²) >= 11 is 0. The molecule has 0 aromatic rings. The first-order chi connectivity index (χ1) is 16.1. The molecule has 0 radical (unpaired) electrons. The smallest absolute Gasteiger partial charge is 1.00 e. The Balaban J connectivity index is -0.000000907. The van der Waals surface area contributed by atoms with Gasteiger partial charge in [-0.15, -0.1) is 0 Å². The Morgan fingerprint density at radius 3 is 1.83 bits per heavy atom. The number of esters is 1. The number of carbonyl (C=O) groups is 3. The molecule has 3 N–H and O–H groups in total. The molecule has 12 heteroatoms. The normalized spacial score (nSPS) is 12.8. The molecule has 2 atom stereocenters. The fourth-order valence-corrected chi connectivity index (χ4v) is 4.06. The number of allylic oxidation sites excluding steroid dienone is 2. The van der Waals surface area contributed by atoms with Crippen molar-refractivity contribution in [2.75, 3.05) is 0 Å². The number of ether oxygens (including phenoxy) is 1. The van der Waals surface area contributed by atoms with Crippen LogP contribution in [0.3, 0.4) is 0 Å². The van der Waals surface area contributed by atoms with Crippen LogP contribution in [-0.4, -0.2) is 47.4 Å². The third-order valence-electron chi connectivity index (χ3n) is 5.31. The van der Waals surface area contributed by atoms with E-state index in [1.807, 2.05) is 0 Å². The van der Waals surface area contributed by atoms with Crippen molar-refractivity contribution in [3.05, 3.63) is 12.2 Å². The largest absolute Gasteiger partial charge is 1.00 e. The van der Waals surface area contributed by atoms with Crippen molar-refractivity contribution in [2.24, 2.45) is 0 Å². The maximum atomic E-state index is 11.9. The second-order valence-electron chi connectivity index (χ2n) is 8.58. The fourth-order valence-electron chi connectivity index (χ4n) is 3.40. The number of hydrogen-bond acceptors (Lipinski definition) is 6. The van der Waals surface area contributed by atoms with E-state index >= 15 is 0 Å². The number of carbonyl (C=O) groups excluding carboxylic acids is 2. The standard InChI is InChI=1S/C24H43NO8S.2Na.2H/c1-3-4-5-6-7-8-9-10-11-12-13-14-15-16-17-18-22(26)25-20(2)33-24(29)21(19-23(27)28)34(30,31)32;;;;/h10-11,20-21H,3-9,12-19H2,1-2H3,(H,25,26)(H,27,28)(H,30,31,32);;;;/q;2*+1;2*-1. The second-order valence-corrected chi connectivity index (χ2v) is 10.2. The summed E-state index contributed by atoms with van der Waals surface area (Å²) in [5.74, 6) is -3.38. The molecule has 0 spiro atoms. The van der Waals surface area contributed by atoms with Crippen LogP contribution in [0.2, 0.25) is 0 Å². The average molecular weight is 554 g/mol. The Morgan fingerprint density at radius 2 is 1.36 bits per heavy atom. The average Bonchev–Trinajstić information content (AvgIpc) is 2.73. The van der Waals surface area contributed by atoms with Crippen LogP contribution in [0, 0.1) is 0 Å². The summed E-state index contributed by atoms with van der Waals surface area (Å²) in [6.45, 7) is 3.54. The molecule has 0 aromatic carbocycles. The van der Waals surface area contributed by atoms with Crippen LogP contribution in [0.5, 0.6) is 0 Å². The number of hydrogen-bond donors (Lipinski definition) is 3. The van der Waals surface area contributed by atoms with Crippen molar-refractivity contribution in [1.82, 2.24) is 5.32 Å². The summed E-state index contributed by atoms with van der Waals surface area (Å²) in [4.78, 5) is 34.5. The van der Waals surface area contributed by atoms with Crippen molar-refractivity contribution in [3.63, 3.8) is 0 Å². The molecule has 9 nitrogen and oxygen atoms in total. The van der Waals surface area contributed by atoms with Crippen molar-refractivity contribution >= 4 is 28.0 Å². The predicted octanol–water partition coefficient (Wildman–Crippen LogP) is -1.01. The number of carboxylic acids is 1. The minimum Gasteiger partial charge on any atom is -1.00 e. The Morgan fingerprint density at radius 1 is 0.889 bits per heavy atom. The first kappa shape index (κ1) is 40.6. The number of unbranched alkanes of at least 4 members (excludes halogenated alkanes) is 11. The second kappa shape index (κ2) is 25.3. The maximum absolute atomic E-state index is 11.9. The topological polar surface area (TPSA) is 147 Å². The van der Waals surface area contributed by atoms with E-state index < -0.39 is 40.0 Å². The molecule has 0 aliphatic rings. The molecule has 0 aromatic heterocycles. The molecule has 0 saturated heterocycles. The van der Waals surface area contributed by atoms with E-state index in [1.54, 1.807) is 0 Å². The van der Waals surface area contributed by atoms with E-state index in [0.29, 0.717) is 6.42 Å². The number of rotatable bonds is 21. The van der Waals surface area contributed by atoms with E-state index in [9.17, 15) is 22.8 Å². The van der Waals surface area contributed by atoms with E-state index in [2.05, 4.69) is 24.4 Å². The zero-order valence-corrected chi connectivity index (χ0v) is 27.5. The van der Waals surface area contributed by atoms with Gasteiger partial charge in [0.1, 0.15) is 0 Å². The van der Waals surface area contributed by atoms with E-state index in [-0.39, 0.29) is 74.3 Å². The van der Waals surface area contributed by atoms with Gasteiger partial charge in [0.15, 0.2) is 11.5 Å². The van der Waals surface area contributed by atoms with Crippen LogP contribution < -0.4 is 64.4 Å². The van der Waals surface area contributed by atoms with Gasteiger partial charge >= 0.3 is 71.1 Å². The molecule has 0 saturated carbocycles. The van der Waals surface area contributed by atoms with Gasteiger partial charge in [0, 0.05) is 6.42 Å². The minimum absolute atomic E-state index is 0. The van der Waals surface area contributed by atoms with E-state index in [4.69, 9.17) is 14.4 Å². The number of amides is 1. The molecule has 36 heavy (non-hydrogen) atoms. The van der Waals surface area contributed by atoms with Gasteiger partial charge in [0.2, 0.25) is 5.91 Å². The first-order valence-electron chi connectivity index (χ1n) is 12.4.